The second kappa shape index (κ2) is 7.98. The van der Waals surface area contributed by atoms with Crippen molar-refractivity contribution in [2.24, 2.45) is 11.8 Å². The molecule has 138 valence electrons. The molecular formula is C18H34N4O2. The number of hydrazine groups is 1. The SMILES string of the molecule is C[C@@H]1CCNCOCC2CC(CCN2)C2NNC3CCC(CC32)O1. The lowest BCUT2D eigenvalue weighted by molar-refractivity contribution is -0.0401. The molecule has 0 spiro atoms. The highest BCUT2D eigenvalue weighted by atomic mass is 16.5. The van der Waals surface area contributed by atoms with E-state index in [1.165, 1.54) is 32.1 Å². The minimum absolute atomic E-state index is 0.325. The fourth-order valence-electron chi connectivity index (χ4n) is 5.18. The number of piperidine rings is 1. The molecule has 4 N–H and O–H groups in total. The van der Waals surface area contributed by atoms with Crippen molar-refractivity contribution in [1.82, 2.24) is 21.5 Å². The Hall–Kier alpha value is -0.240. The van der Waals surface area contributed by atoms with Gasteiger partial charge in [0.15, 0.2) is 0 Å². The summed E-state index contributed by atoms with van der Waals surface area (Å²) in [6.45, 7) is 5.75. The molecule has 4 rings (SSSR count). The molecule has 3 saturated heterocycles. The van der Waals surface area contributed by atoms with E-state index in [-0.39, 0.29) is 0 Å². The highest BCUT2D eigenvalue weighted by molar-refractivity contribution is 5.00. The van der Waals surface area contributed by atoms with Crippen LogP contribution in [0.3, 0.4) is 0 Å². The van der Waals surface area contributed by atoms with E-state index in [1.807, 2.05) is 0 Å². The molecule has 4 aliphatic rings. The molecule has 0 amide bonds. The van der Waals surface area contributed by atoms with E-state index < -0.39 is 0 Å². The lowest BCUT2D eigenvalue weighted by Crippen LogP contribution is -2.49. The third kappa shape index (κ3) is 3.94. The summed E-state index contributed by atoms with van der Waals surface area (Å²) in [5.74, 6) is 1.44. The van der Waals surface area contributed by atoms with Gasteiger partial charge < -0.3 is 14.8 Å². The Kier molecular flexibility index (Phi) is 5.71. The largest absolute Gasteiger partial charge is 0.375 e. The molecule has 3 heterocycles. The van der Waals surface area contributed by atoms with Crippen LogP contribution >= 0.6 is 0 Å². The maximum absolute atomic E-state index is 6.38. The Morgan fingerprint density at radius 1 is 0.958 bits per heavy atom. The van der Waals surface area contributed by atoms with Crippen LogP contribution in [0.2, 0.25) is 0 Å². The first kappa shape index (κ1) is 17.2. The average Bonchev–Trinajstić information content (AvgIpc) is 3.01. The van der Waals surface area contributed by atoms with Gasteiger partial charge in [-0.2, -0.15) is 0 Å². The van der Waals surface area contributed by atoms with Crippen molar-refractivity contribution in [3.63, 3.8) is 0 Å². The Morgan fingerprint density at radius 2 is 1.92 bits per heavy atom. The number of nitrogens with one attached hydrogen (secondary N) is 4. The van der Waals surface area contributed by atoms with Gasteiger partial charge >= 0.3 is 0 Å². The highest BCUT2D eigenvalue weighted by Crippen LogP contribution is 2.37. The second-order valence-electron chi connectivity index (χ2n) is 8.21. The third-order valence-corrected chi connectivity index (χ3v) is 6.47. The molecule has 3 aliphatic heterocycles. The minimum Gasteiger partial charge on any atom is -0.375 e. The fraction of sp³-hybridized carbons (Fsp3) is 1.00. The van der Waals surface area contributed by atoms with Crippen LogP contribution in [0, 0.1) is 11.8 Å². The minimum atomic E-state index is 0.325. The van der Waals surface area contributed by atoms with Crippen molar-refractivity contribution < 1.29 is 9.47 Å². The zero-order valence-corrected chi connectivity index (χ0v) is 14.9. The van der Waals surface area contributed by atoms with Crippen molar-refractivity contribution in [1.29, 1.82) is 0 Å². The zero-order valence-electron chi connectivity index (χ0n) is 14.9. The Morgan fingerprint density at radius 3 is 2.88 bits per heavy atom. The van der Waals surface area contributed by atoms with Gasteiger partial charge in [0.2, 0.25) is 0 Å². The molecule has 0 aromatic heterocycles. The Bertz CT molecular complexity index is 410. The molecule has 0 aromatic carbocycles. The normalized spacial score (nSPS) is 47.6. The topological polar surface area (TPSA) is 66.6 Å². The quantitative estimate of drug-likeness (QED) is 0.523. The summed E-state index contributed by atoms with van der Waals surface area (Å²) in [6, 6.07) is 1.71. The first-order valence-electron chi connectivity index (χ1n) is 9.98. The van der Waals surface area contributed by atoms with E-state index in [0.29, 0.717) is 43.0 Å². The molecular weight excluding hydrogens is 304 g/mol. The predicted octanol–water partition coefficient (Wildman–Crippen LogP) is 0.741. The summed E-state index contributed by atoms with van der Waals surface area (Å²) in [6.07, 6.45) is 7.93. The summed E-state index contributed by atoms with van der Waals surface area (Å²) >= 11 is 0. The molecule has 24 heavy (non-hydrogen) atoms. The summed E-state index contributed by atoms with van der Waals surface area (Å²) < 4.78 is 12.2. The van der Waals surface area contributed by atoms with Crippen LogP contribution in [-0.4, -0.2) is 56.8 Å². The molecule has 6 nitrogen and oxygen atoms in total. The molecule has 6 unspecified atom stereocenters. The third-order valence-electron chi connectivity index (χ3n) is 6.47. The van der Waals surface area contributed by atoms with Gasteiger partial charge in [-0.1, -0.05) is 0 Å². The van der Waals surface area contributed by atoms with Crippen molar-refractivity contribution in [2.75, 3.05) is 26.4 Å². The molecule has 0 radical (unpaired) electrons. The van der Waals surface area contributed by atoms with Crippen LogP contribution in [0.5, 0.6) is 0 Å². The number of hydrogen-bond donors (Lipinski definition) is 4. The van der Waals surface area contributed by atoms with Crippen molar-refractivity contribution in [3.05, 3.63) is 0 Å². The Balaban J connectivity index is 1.46. The number of rotatable bonds is 0. The lowest BCUT2D eigenvalue weighted by Gasteiger charge is -2.39. The van der Waals surface area contributed by atoms with Gasteiger partial charge in [0.1, 0.15) is 0 Å². The van der Waals surface area contributed by atoms with Gasteiger partial charge in [0, 0.05) is 18.1 Å². The van der Waals surface area contributed by atoms with E-state index in [9.17, 15) is 0 Å². The van der Waals surface area contributed by atoms with Crippen LogP contribution in [0.25, 0.3) is 0 Å². The molecule has 1 saturated carbocycles. The second-order valence-corrected chi connectivity index (χ2v) is 8.21. The summed E-state index contributed by atoms with van der Waals surface area (Å²) in [5, 5.41) is 7.03. The van der Waals surface area contributed by atoms with E-state index in [4.69, 9.17) is 9.47 Å². The van der Waals surface area contributed by atoms with Gasteiger partial charge in [-0.3, -0.25) is 16.2 Å². The summed E-state index contributed by atoms with van der Waals surface area (Å²) in [4.78, 5) is 0. The maximum atomic E-state index is 6.38. The van der Waals surface area contributed by atoms with Crippen molar-refractivity contribution >= 4 is 0 Å². The molecule has 4 bridgehead atoms. The molecule has 6 heteroatoms. The van der Waals surface area contributed by atoms with Crippen LogP contribution in [0.1, 0.15) is 45.4 Å². The number of fused-ring (bicyclic) bond motifs is 4. The van der Waals surface area contributed by atoms with Crippen LogP contribution < -0.4 is 21.5 Å². The first-order chi connectivity index (χ1) is 11.8. The smallest absolute Gasteiger partial charge is 0.0966 e. The van der Waals surface area contributed by atoms with E-state index in [1.54, 1.807) is 0 Å². The molecule has 1 aliphatic carbocycles. The first-order valence-corrected chi connectivity index (χ1v) is 9.98. The van der Waals surface area contributed by atoms with Crippen LogP contribution in [0.4, 0.5) is 0 Å². The monoisotopic (exact) mass is 338 g/mol. The zero-order chi connectivity index (χ0) is 16.4. The lowest BCUT2D eigenvalue weighted by atomic mass is 9.73. The van der Waals surface area contributed by atoms with Gasteiger partial charge in [-0.15, -0.1) is 0 Å². The van der Waals surface area contributed by atoms with E-state index >= 15 is 0 Å². The van der Waals surface area contributed by atoms with Crippen molar-refractivity contribution in [2.45, 2.75) is 75.8 Å². The number of hydrogen-bond acceptors (Lipinski definition) is 6. The van der Waals surface area contributed by atoms with Gasteiger partial charge in [-0.05, 0) is 70.4 Å². The molecule has 4 fully saturated rings. The van der Waals surface area contributed by atoms with Gasteiger partial charge in [0.25, 0.3) is 0 Å². The summed E-state index contributed by atoms with van der Waals surface area (Å²) in [7, 11) is 0. The fourth-order valence-corrected chi connectivity index (χ4v) is 5.18. The van der Waals surface area contributed by atoms with Crippen LogP contribution in [0.15, 0.2) is 0 Å². The average molecular weight is 338 g/mol. The van der Waals surface area contributed by atoms with Crippen LogP contribution in [-0.2, 0) is 9.47 Å². The molecule has 7 atom stereocenters. The standard InChI is InChI=1S/C18H34N4O2/c1-12-4-6-19-11-23-10-14-8-13(5-7-20-14)18-16-9-15(24-12)2-3-17(16)21-22-18/h12-22H,2-11H2,1H3/t12-,13?,14?,15?,16?,17?,18?/m1/s1. The Labute approximate surface area is 145 Å². The van der Waals surface area contributed by atoms with E-state index in [0.717, 1.165) is 32.0 Å². The maximum Gasteiger partial charge on any atom is 0.0966 e. The van der Waals surface area contributed by atoms with Gasteiger partial charge in [0.05, 0.1) is 25.5 Å². The number of ether oxygens (including phenoxy) is 2. The predicted molar refractivity (Wildman–Crippen MR) is 93.5 cm³/mol. The molecule has 0 aromatic rings. The highest BCUT2D eigenvalue weighted by Gasteiger charge is 2.44. The van der Waals surface area contributed by atoms with Crippen molar-refractivity contribution in [3.8, 4) is 0 Å². The van der Waals surface area contributed by atoms with Gasteiger partial charge in [-0.25, -0.2) is 0 Å². The summed E-state index contributed by atoms with van der Waals surface area (Å²) in [5.41, 5.74) is 7.25. The van der Waals surface area contributed by atoms with E-state index in [2.05, 4.69) is 28.4 Å².